The van der Waals surface area contributed by atoms with Gasteiger partial charge < -0.3 is 5.73 Å². The van der Waals surface area contributed by atoms with Crippen molar-refractivity contribution in [2.45, 2.75) is 31.7 Å². The van der Waals surface area contributed by atoms with Crippen molar-refractivity contribution in [3.8, 4) is 0 Å². The summed E-state index contributed by atoms with van der Waals surface area (Å²) in [6.45, 7) is 0. The van der Waals surface area contributed by atoms with E-state index in [1.165, 1.54) is 25.7 Å². The Bertz CT molecular complexity index is 41.3. The molecule has 0 aliphatic heterocycles. The van der Waals surface area contributed by atoms with E-state index in [4.69, 9.17) is 5.73 Å². The first-order valence-corrected chi connectivity index (χ1v) is 2.65. The van der Waals surface area contributed by atoms with Crippen LogP contribution in [0.4, 0.5) is 0 Å². The van der Waals surface area contributed by atoms with E-state index in [1.54, 1.807) is 0 Å². The summed E-state index contributed by atoms with van der Waals surface area (Å²) in [4.78, 5) is 0. The van der Waals surface area contributed by atoms with Gasteiger partial charge >= 0.3 is 0 Å². The normalized spacial score (nSPS) is 21.9. The Morgan fingerprint density at radius 1 is 1.14 bits per heavy atom. The van der Waals surface area contributed by atoms with Crippen molar-refractivity contribution in [1.82, 2.24) is 0 Å². The molecule has 1 rings (SSSR count). The van der Waals surface area contributed by atoms with Crippen LogP contribution in [0.1, 0.15) is 25.7 Å². The Morgan fingerprint density at radius 3 is 1.71 bits per heavy atom. The first kappa shape index (κ1) is 7.65. The summed E-state index contributed by atoms with van der Waals surface area (Å²) in [5.74, 6) is 0. The minimum Gasteiger partial charge on any atom is -0.328 e. The van der Waals surface area contributed by atoms with Gasteiger partial charge in [-0.3, -0.25) is 0 Å². The maximum absolute atomic E-state index is 5.53. The third-order valence-corrected chi connectivity index (χ3v) is 1.40. The summed E-state index contributed by atoms with van der Waals surface area (Å²) in [5, 5.41) is 0. The van der Waals surface area contributed by atoms with Gasteiger partial charge in [0, 0.05) is 27.1 Å². The molecule has 0 bridgehead atoms. The average Bonchev–Trinajstić information content (AvgIpc) is 1.86. The predicted octanol–water partition coefficient (Wildman–Crippen LogP) is 0.885. The molecule has 0 spiro atoms. The maximum atomic E-state index is 5.53. The molecular formula is C5H11NPt. The van der Waals surface area contributed by atoms with E-state index < -0.39 is 0 Å². The number of rotatable bonds is 0. The molecule has 0 atom stereocenters. The fraction of sp³-hybridized carbons (Fsp3) is 1.00. The van der Waals surface area contributed by atoms with E-state index in [0.717, 1.165) is 0 Å². The molecule has 1 nitrogen and oxygen atoms in total. The smallest absolute Gasteiger partial charge is 0.00388 e. The molecule has 0 radical (unpaired) electrons. The van der Waals surface area contributed by atoms with Gasteiger partial charge in [-0.1, -0.05) is 12.8 Å². The first-order chi connectivity index (χ1) is 2.89. The molecule has 0 aromatic carbocycles. The fourth-order valence-corrected chi connectivity index (χ4v) is 0.957. The molecule has 1 saturated carbocycles. The standard InChI is InChI=1S/C5H11N.Pt/c6-5-3-1-2-4-5;/h5H,1-4,6H2;. The molecule has 1 aliphatic rings. The third-order valence-electron chi connectivity index (χ3n) is 1.40. The van der Waals surface area contributed by atoms with E-state index in [0.29, 0.717) is 6.04 Å². The van der Waals surface area contributed by atoms with Crippen LogP contribution in [0.25, 0.3) is 0 Å². The average molecular weight is 280 g/mol. The molecule has 1 aliphatic carbocycles. The first-order valence-electron chi connectivity index (χ1n) is 2.65. The van der Waals surface area contributed by atoms with Gasteiger partial charge in [0.25, 0.3) is 0 Å². The van der Waals surface area contributed by atoms with Crippen LogP contribution in [0.2, 0.25) is 0 Å². The quantitative estimate of drug-likeness (QED) is 0.700. The van der Waals surface area contributed by atoms with Gasteiger partial charge in [0.1, 0.15) is 0 Å². The monoisotopic (exact) mass is 280 g/mol. The van der Waals surface area contributed by atoms with Gasteiger partial charge in [-0.05, 0) is 12.8 Å². The minimum atomic E-state index is 0. The molecule has 0 aromatic rings. The van der Waals surface area contributed by atoms with Crippen molar-refractivity contribution in [2.75, 3.05) is 0 Å². The van der Waals surface area contributed by atoms with Crippen LogP contribution >= 0.6 is 0 Å². The van der Waals surface area contributed by atoms with Crippen LogP contribution in [-0.2, 0) is 21.1 Å². The molecule has 2 N–H and O–H groups in total. The Kier molecular flexibility index (Phi) is 3.96. The number of nitrogens with two attached hydrogens (primary N) is 1. The maximum Gasteiger partial charge on any atom is 0.00388 e. The number of hydrogen-bond donors (Lipinski definition) is 1. The Hall–Kier alpha value is 0.648. The van der Waals surface area contributed by atoms with Crippen molar-refractivity contribution in [3.05, 3.63) is 0 Å². The van der Waals surface area contributed by atoms with Crippen LogP contribution < -0.4 is 5.73 Å². The zero-order valence-electron chi connectivity index (χ0n) is 4.30. The van der Waals surface area contributed by atoms with E-state index in [1.807, 2.05) is 0 Å². The zero-order chi connectivity index (χ0) is 4.41. The van der Waals surface area contributed by atoms with Gasteiger partial charge in [-0.25, -0.2) is 0 Å². The van der Waals surface area contributed by atoms with Gasteiger partial charge in [0.15, 0.2) is 0 Å². The van der Waals surface area contributed by atoms with Crippen LogP contribution in [0.15, 0.2) is 0 Å². The molecule has 2 heteroatoms. The molecule has 7 heavy (non-hydrogen) atoms. The topological polar surface area (TPSA) is 26.0 Å². The largest absolute Gasteiger partial charge is 0.328 e. The molecule has 0 saturated heterocycles. The number of hydrogen-bond acceptors (Lipinski definition) is 1. The SMILES string of the molecule is NC1CCCC1.[Pt]. The van der Waals surface area contributed by atoms with Gasteiger partial charge in [-0.2, -0.15) is 0 Å². The Balaban J connectivity index is 0.000000360. The van der Waals surface area contributed by atoms with E-state index >= 15 is 0 Å². The van der Waals surface area contributed by atoms with E-state index in [2.05, 4.69) is 0 Å². The second-order valence-electron chi connectivity index (χ2n) is 2.04. The fourth-order valence-electron chi connectivity index (χ4n) is 0.957. The zero-order valence-corrected chi connectivity index (χ0v) is 6.57. The second-order valence-corrected chi connectivity index (χ2v) is 2.04. The molecule has 0 amide bonds. The summed E-state index contributed by atoms with van der Waals surface area (Å²) in [5.41, 5.74) is 5.53. The van der Waals surface area contributed by atoms with Crippen LogP contribution in [0.3, 0.4) is 0 Å². The minimum absolute atomic E-state index is 0. The molecule has 0 heterocycles. The molecular weight excluding hydrogens is 269 g/mol. The van der Waals surface area contributed by atoms with Crippen molar-refractivity contribution < 1.29 is 21.1 Å². The summed E-state index contributed by atoms with van der Waals surface area (Å²) >= 11 is 0. The summed E-state index contributed by atoms with van der Waals surface area (Å²) in [6.07, 6.45) is 5.25. The Labute approximate surface area is 58.9 Å². The van der Waals surface area contributed by atoms with Crippen LogP contribution in [0, 0.1) is 0 Å². The van der Waals surface area contributed by atoms with Crippen molar-refractivity contribution in [3.63, 3.8) is 0 Å². The molecule has 0 unspecified atom stereocenters. The summed E-state index contributed by atoms with van der Waals surface area (Å²) < 4.78 is 0. The summed E-state index contributed by atoms with van der Waals surface area (Å²) in [6, 6.07) is 0.546. The second kappa shape index (κ2) is 3.63. The Morgan fingerprint density at radius 2 is 1.57 bits per heavy atom. The van der Waals surface area contributed by atoms with Crippen molar-refractivity contribution in [2.24, 2.45) is 5.73 Å². The van der Waals surface area contributed by atoms with Gasteiger partial charge in [-0.15, -0.1) is 0 Å². The predicted molar refractivity (Wildman–Crippen MR) is 26.4 cm³/mol. The van der Waals surface area contributed by atoms with E-state index in [-0.39, 0.29) is 21.1 Å². The van der Waals surface area contributed by atoms with Crippen LogP contribution in [0.5, 0.6) is 0 Å². The summed E-state index contributed by atoms with van der Waals surface area (Å²) in [7, 11) is 0. The van der Waals surface area contributed by atoms with Crippen molar-refractivity contribution in [1.29, 1.82) is 0 Å². The van der Waals surface area contributed by atoms with E-state index in [9.17, 15) is 0 Å². The molecule has 1 fully saturated rings. The van der Waals surface area contributed by atoms with Gasteiger partial charge in [0.2, 0.25) is 0 Å². The van der Waals surface area contributed by atoms with Gasteiger partial charge in [0.05, 0.1) is 0 Å². The molecule has 46 valence electrons. The third kappa shape index (κ3) is 2.46. The van der Waals surface area contributed by atoms with Crippen LogP contribution in [-0.4, -0.2) is 6.04 Å². The molecule has 0 aromatic heterocycles. The van der Waals surface area contributed by atoms with Crippen molar-refractivity contribution >= 4 is 0 Å².